The molecule has 0 radical (unpaired) electrons. The second-order valence-electron chi connectivity index (χ2n) is 2.30. The summed E-state index contributed by atoms with van der Waals surface area (Å²) >= 11 is 0. The largest absolute Gasteiger partial charge is 0.238 e. The normalized spacial score (nSPS) is 14.3. The lowest BCUT2D eigenvalue weighted by Crippen LogP contribution is -1.94. The average Bonchev–Trinajstić information content (AvgIpc) is 2.06. The van der Waals surface area contributed by atoms with Gasteiger partial charge in [-0.25, -0.2) is 4.21 Å². The smallest absolute Gasteiger partial charge is 0.150 e. The van der Waals surface area contributed by atoms with E-state index in [2.05, 4.69) is 9.43 Å². The Balaban J connectivity index is 3.28. The number of nitrogens with zero attached hydrogens (tertiary/aromatic N) is 2. The SMILES string of the molecule is [C-]#[N+]N=S(C)(=O)c1ccccc1. The highest BCUT2D eigenvalue weighted by atomic mass is 32.2. The van der Waals surface area contributed by atoms with Gasteiger partial charge in [0.2, 0.25) is 0 Å². The minimum atomic E-state index is -2.49. The van der Waals surface area contributed by atoms with Crippen LogP contribution in [0.15, 0.2) is 39.7 Å². The third-order valence-electron chi connectivity index (χ3n) is 1.38. The van der Waals surface area contributed by atoms with Crippen molar-refractivity contribution in [1.82, 2.24) is 0 Å². The summed E-state index contributed by atoms with van der Waals surface area (Å²) in [4.78, 5) is 3.38. The van der Waals surface area contributed by atoms with E-state index in [1.807, 2.05) is 6.07 Å². The van der Waals surface area contributed by atoms with Crippen LogP contribution in [-0.4, -0.2) is 10.5 Å². The molecule has 0 aliphatic carbocycles. The lowest BCUT2D eigenvalue weighted by molar-refractivity contribution is 0.680. The molecule has 0 saturated heterocycles. The van der Waals surface area contributed by atoms with Gasteiger partial charge in [-0.15, -0.1) is 4.95 Å². The molecule has 3 nitrogen and oxygen atoms in total. The number of hydrogen-bond acceptors (Lipinski definition) is 2. The van der Waals surface area contributed by atoms with Crippen molar-refractivity contribution in [3.63, 3.8) is 0 Å². The summed E-state index contributed by atoms with van der Waals surface area (Å²) in [6.07, 6.45) is 1.46. The lowest BCUT2D eigenvalue weighted by Gasteiger charge is -1.95. The molecule has 62 valence electrons. The Hall–Kier alpha value is -1.34. The van der Waals surface area contributed by atoms with Crippen molar-refractivity contribution in [2.24, 2.45) is 4.47 Å². The van der Waals surface area contributed by atoms with Crippen LogP contribution in [0.2, 0.25) is 0 Å². The molecule has 0 spiro atoms. The molecule has 4 heteroatoms. The van der Waals surface area contributed by atoms with E-state index in [-0.39, 0.29) is 0 Å². The summed E-state index contributed by atoms with van der Waals surface area (Å²) in [5, 5.41) is 0. The molecule has 0 aliphatic heterocycles. The minimum Gasteiger partial charge on any atom is -0.238 e. The molecule has 0 aromatic heterocycles. The quantitative estimate of drug-likeness (QED) is 0.480. The van der Waals surface area contributed by atoms with Crippen LogP contribution in [0.25, 0.3) is 4.95 Å². The van der Waals surface area contributed by atoms with E-state index >= 15 is 0 Å². The summed E-state index contributed by atoms with van der Waals surface area (Å²) < 4.78 is 15.0. The van der Waals surface area contributed by atoms with Gasteiger partial charge < -0.3 is 0 Å². The highest BCUT2D eigenvalue weighted by molar-refractivity contribution is 7.93. The van der Waals surface area contributed by atoms with E-state index in [4.69, 9.17) is 6.57 Å². The molecule has 1 atom stereocenters. The van der Waals surface area contributed by atoms with Crippen LogP contribution in [0.4, 0.5) is 0 Å². The summed E-state index contributed by atoms with van der Waals surface area (Å²) in [7, 11) is -2.49. The van der Waals surface area contributed by atoms with Crippen molar-refractivity contribution in [1.29, 1.82) is 0 Å². The Morgan fingerprint density at radius 2 is 2.00 bits per heavy atom. The van der Waals surface area contributed by atoms with Gasteiger partial charge in [-0.05, 0) is 12.1 Å². The highest BCUT2D eigenvalue weighted by Crippen LogP contribution is 2.09. The highest BCUT2D eigenvalue weighted by Gasteiger charge is 2.06. The topological polar surface area (TPSA) is 33.8 Å². The van der Waals surface area contributed by atoms with Crippen molar-refractivity contribution in [2.45, 2.75) is 4.90 Å². The molecule has 1 aromatic rings. The summed E-state index contributed by atoms with van der Waals surface area (Å²) in [5.74, 6) is 0. The first-order valence-electron chi connectivity index (χ1n) is 3.30. The van der Waals surface area contributed by atoms with Gasteiger partial charge in [-0.3, -0.25) is 0 Å². The molecule has 0 saturated carbocycles. The van der Waals surface area contributed by atoms with Crippen LogP contribution in [0.5, 0.6) is 0 Å². The maximum absolute atomic E-state index is 11.6. The third kappa shape index (κ3) is 1.83. The molecule has 1 rings (SSSR count). The van der Waals surface area contributed by atoms with Crippen molar-refractivity contribution >= 4 is 9.73 Å². The maximum Gasteiger partial charge on any atom is 0.150 e. The minimum absolute atomic E-state index is 0.598. The molecule has 0 heterocycles. The van der Waals surface area contributed by atoms with Crippen LogP contribution in [0.3, 0.4) is 0 Å². The Kier molecular flexibility index (Phi) is 2.46. The molecule has 0 amide bonds. The summed E-state index contributed by atoms with van der Waals surface area (Å²) in [6, 6.07) is 8.79. The Morgan fingerprint density at radius 3 is 2.50 bits per heavy atom. The lowest BCUT2D eigenvalue weighted by atomic mass is 10.4. The third-order valence-corrected chi connectivity index (χ3v) is 2.92. The summed E-state index contributed by atoms with van der Waals surface area (Å²) in [6.45, 7) is 6.49. The van der Waals surface area contributed by atoms with Gasteiger partial charge in [0.05, 0.1) is 4.90 Å². The van der Waals surface area contributed by atoms with Gasteiger partial charge in [0.1, 0.15) is 14.2 Å². The van der Waals surface area contributed by atoms with Crippen LogP contribution in [0.1, 0.15) is 0 Å². The second kappa shape index (κ2) is 3.37. The molecular formula is C8H8N2OS. The predicted octanol–water partition coefficient (Wildman–Crippen LogP) is 1.98. The molecular weight excluding hydrogens is 172 g/mol. The first-order valence-corrected chi connectivity index (χ1v) is 5.22. The molecule has 0 N–H and O–H groups in total. The standard InChI is InChI=1S/C8H8N2OS/c1-9-10-12(2,11)8-6-4-3-5-7-8/h3-7H,2H3. The molecule has 12 heavy (non-hydrogen) atoms. The predicted molar refractivity (Wildman–Crippen MR) is 47.8 cm³/mol. The van der Waals surface area contributed by atoms with Crippen molar-refractivity contribution in [3.8, 4) is 0 Å². The van der Waals surface area contributed by atoms with E-state index in [0.717, 1.165) is 0 Å². The zero-order valence-corrected chi connectivity index (χ0v) is 7.41. The maximum atomic E-state index is 11.6. The first kappa shape index (κ1) is 8.75. The van der Waals surface area contributed by atoms with Gasteiger partial charge in [0.15, 0.2) is 0 Å². The van der Waals surface area contributed by atoms with Crippen LogP contribution in [-0.2, 0) is 9.73 Å². The van der Waals surface area contributed by atoms with Crippen LogP contribution >= 0.6 is 0 Å². The fourth-order valence-electron chi connectivity index (χ4n) is 0.798. The van der Waals surface area contributed by atoms with Gasteiger partial charge in [-0.2, -0.15) is 6.57 Å². The van der Waals surface area contributed by atoms with E-state index in [1.54, 1.807) is 24.3 Å². The van der Waals surface area contributed by atoms with Gasteiger partial charge in [0, 0.05) is 6.26 Å². The second-order valence-corrected chi connectivity index (χ2v) is 4.54. The van der Waals surface area contributed by atoms with Crippen LogP contribution < -0.4 is 0 Å². The van der Waals surface area contributed by atoms with Gasteiger partial charge in [-0.1, -0.05) is 18.2 Å². The van der Waals surface area contributed by atoms with Crippen molar-refractivity contribution in [3.05, 3.63) is 41.9 Å². The molecule has 0 aliphatic rings. The number of benzene rings is 1. The fourth-order valence-corrected chi connectivity index (χ4v) is 1.71. The van der Waals surface area contributed by atoms with Crippen molar-refractivity contribution in [2.75, 3.05) is 6.26 Å². The van der Waals surface area contributed by atoms with Gasteiger partial charge >= 0.3 is 0 Å². The number of hydrogen-bond donors (Lipinski definition) is 0. The Morgan fingerprint density at radius 1 is 1.42 bits per heavy atom. The summed E-state index contributed by atoms with van der Waals surface area (Å²) in [5.41, 5.74) is 0. The first-order chi connectivity index (χ1) is 5.67. The van der Waals surface area contributed by atoms with Crippen LogP contribution in [0, 0.1) is 6.57 Å². The molecule has 1 unspecified atom stereocenters. The van der Waals surface area contributed by atoms with E-state index in [0.29, 0.717) is 4.90 Å². The fraction of sp³-hybridized carbons (Fsp3) is 0.125. The number of rotatable bonds is 1. The molecule has 0 fully saturated rings. The van der Waals surface area contributed by atoms with Crippen molar-refractivity contribution < 1.29 is 4.21 Å². The van der Waals surface area contributed by atoms with E-state index in [9.17, 15) is 4.21 Å². The average molecular weight is 180 g/mol. The van der Waals surface area contributed by atoms with Gasteiger partial charge in [0.25, 0.3) is 0 Å². The Labute approximate surface area is 72.0 Å². The van der Waals surface area contributed by atoms with E-state index in [1.165, 1.54) is 6.26 Å². The molecule has 1 aromatic carbocycles. The zero-order valence-electron chi connectivity index (χ0n) is 6.60. The zero-order chi connectivity index (χ0) is 9.03. The van der Waals surface area contributed by atoms with E-state index < -0.39 is 9.73 Å². The molecule has 0 bridgehead atoms. The monoisotopic (exact) mass is 180 g/mol. The Bertz CT molecular complexity index is 410.